The van der Waals surface area contributed by atoms with E-state index in [4.69, 9.17) is 42.6 Å². The largest absolute Gasteiger partial charge is 0.462 e. The number of aliphatic hydroxyl groups excluding tert-OH is 1. The Morgan fingerprint density at radius 3 is 1.63 bits per heavy atom. The Morgan fingerprint density at radius 2 is 1.10 bits per heavy atom. The molecule has 0 aromatic heterocycles. The van der Waals surface area contributed by atoms with Gasteiger partial charge < -0.3 is 52.8 Å². The number of Topliss-reactive ketones (excluding diaryl/α,β-unsaturated/α-hetero) is 4. The van der Waals surface area contributed by atoms with Crippen LogP contribution in [0, 0.1) is 61.2 Å². The first-order valence-electron chi connectivity index (χ1n) is 46.2. The minimum Gasteiger partial charge on any atom is -0.462 e. The van der Waals surface area contributed by atoms with Gasteiger partial charge in [0, 0.05) is 81.7 Å². The van der Waals surface area contributed by atoms with Crippen LogP contribution in [0.25, 0.3) is 0 Å². The highest BCUT2D eigenvalue weighted by Gasteiger charge is 2.57. The molecule has 670 valence electrons. The van der Waals surface area contributed by atoms with Crippen molar-refractivity contribution in [2.45, 2.75) is 413 Å². The number of esters is 5. The number of methoxy groups -OCH3 is 3. The molecule has 3 fully saturated rings. The summed E-state index contributed by atoms with van der Waals surface area (Å²) in [5.74, 6) is -12.2. The van der Waals surface area contributed by atoms with Crippen molar-refractivity contribution in [3.8, 4) is 5.75 Å². The number of carbonyl (C=O) groups excluding carboxylic acids is 9. The number of hydrogen-bond acceptors (Lipinski definition) is 20. The molecule has 2 saturated carbocycles. The average molecular weight is 1660 g/mol. The number of aliphatic hydroxyl groups is 2. The summed E-state index contributed by atoms with van der Waals surface area (Å²) in [6, 6.07) is 3.67. The van der Waals surface area contributed by atoms with E-state index in [0.717, 1.165) is 60.8 Å². The van der Waals surface area contributed by atoms with Crippen LogP contribution in [0.3, 0.4) is 0 Å². The van der Waals surface area contributed by atoms with E-state index in [0.29, 0.717) is 76.2 Å². The monoisotopic (exact) mass is 1660 g/mol. The van der Waals surface area contributed by atoms with Crippen molar-refractivity contribution in [2.24, 2.45) is 47.3 Å². The summed E-state index contributed by atoms with van der Waals surface area (Å²) in [5.41, 5.74) is 2.95. The van der Waals surface area contributed by atoms with E-state index in [1.54, 1.807) is 26.2 Å². The van der Waals surface area contributed by atoms with Gasteiger partial charge in [-0.15, -0.1) is 6.58 Å². The van der Waals surface area contributed by atoms with E-state index in [2.05, 4.69) is 26.5 Å². The van der Waals surface area contributed by atoms with Gasteiger partial charge in [-0.05, 0) is 139 Å². The maximum Gasteiger partial charge on any atom is 0.311 e. The molecular weight excluding hydrogens is 1500 g/mol. The predicted octanol–water partition coefficient (Wildman–Crippen LogP) is 20.5. The molecule has 0 radical (unpaired) electrons. The van der Waals surface area contributed by atoms with Gasteiger partial charge in [0.15, 0.2) is 6.10 Å². The van der Waals surface area contributed by atoms with E-state index in [9.17, 15) is 48.6 Å². The van der Waals surface area contributed by atoms with Crippen LogP contribution in [-0.4, -0.2) is 146 Å². The second kappa shape index (κ2) is 55.4. The first-order chi connectivity index (χ1) is 56.4. The van der Waals surface area contributed by atoms with Crippen molar-refractivity contribution in [1.29, 1.82) is 0 Å². The maximum atomic E-state index is 15.2. The van der Waals surface area contributed by atoms with Gasteiger partial charge in [0.05, 0.1) is 43.7 Å². The third-order valence-electron chi connectivity index (χ3n) is 25.7. The van der Waals surface area contributed by atoms with Gasteiger partial charge in [0.1, 0.15) is 42.7 Å². The highest BCUT2D eigenvalue weighted by Crippen LogP contribution is 2.44. The van der Waals surface area contributed by atoms with Gasteiger partial charge in [-0.25, -0.2) is 0 Å². The lowest BCUT2D eigenvalue weighted by Gasteiger charge is -2.46. The van der Waals surface area contributed by atoms with Crippen LogP contribution in [-0.2, 0) is 86.5 Å². The lowest BCUT2D eigenvalue weighted by Crippen LogP contribution is -2.62. The highest BCUT2D eigenvalue weighted by molar-refractivity contribution is 6.41. The summed E-state index contributed by atoms with van der Waals surface area (Å²) < 4.78 is 53.8. The molecule has 20 heteroatoms. The Bertz CT molecular complexity index is 3250. The maximum absolute atomic E-state index is 15.2. The molecular formula is C98H158O20. The van der Waals surface area contributed by atoms with E-state index in [-0.39, 0.29) is 100 Å². The van der Waals surface area contributed by atoms with Crippen LogP contribution >= 0.6 is 0 Å². The molecule has 2 N–H and O–H groups in total. The molecule has 2 aliphatic carbocycles. The van der Waals surface area contributed by atoms with Crippen LogP contribution in [0.2, 0.25) is 0 Å². The van der Waals surface area contributed by atoms with Crippen LogP contribution in [0.15, 0.2) is 48.1 Å². The van der Waals surface area contributed by atoms with Crippen molar-refractivity contribution < 1.29 is 96.0 Å². The van der Waals surface area contributed by atoms with Gasteiger partial charge in [0.2, 0.25) is 11.6 Å². The van der Waals surface area contributed by atoms with Crippen LogP contribution in [0.4, 0.5) is 0 Å². The number of carbonyl (C=O) groups is 9. The number of aryl methyl sites for hydroxylation is 2. The van der Waals surface area contributed by atoms with Crippen LogP contribution in [0.5, 0.6) is 5.75 Å². The van der Waals surface area contributed by atoms with Crippen molar-refractivity contribution in [3.63, 3.8) is 0 Å². The van der Waals surface area contributed by atoms with E-state index in [1.165, 1.54) is 130 Å². The molecule has 1 saturated heterocycles. The number of ether oxygens (including phenoxy) is 9. The summed E-state index contributed by atoms with van der Waals surface area (Å²) in [4.78, 5) is 127. The number of unbranched alkanes of at least 4 members (excludes halogenated alkanes) is 24. The van der Waals surface area contributed by atoms with Crippen molar-refractivity contribution >= 4 is 53.0 Å². The molecule has 2 unspecified atom stereocenters. The summed E-state index contributed by atoms with van der Waals surface area (Å²) in [6.45, 7) is 24.7. The van der Waals surface area contributed by atoms with Gasteiger partial charge in [-0.2, -0.15) is 0 Å². The minimum absolute atomic E-state index is 0.0286. The molecule has 2 bridgehead atoms. The third kappa shape index (κ3) is 35.6. The minimum atomic E-state index is -2.51. The Balaban J connectivity index is 1.24. The summed E-state index contributed by atoms with van der Waals surface area (Å²) >= 11 is 0. The molecule has 118 heavy (non-hydrogen) atoms. The molecule has 0 spiro atoms. The van der Waals surface area contributed by atoms with Crippen LogP contribution < -0.4 is 4.74 Å². The van der Waals surface area contributed by atoms with Crippen LogP contribution in [0.1, 0.15) is 362 Å². The average Bonchev–Trinajstić information content (AvgIpc) is 0.771. The molecule has 1 aromatic rings. The lowest BCUT2D eigenvalue weighted by atomic mass is 9.69. The van der Waals surface area contributed by atoms with Crippen molar-refractivity contribution in [2.75, 3.05) is 34.5 Å². The van der Waals surface area contributed by atoms with Gasteiger partial charge in [0.25, 0.3) is 5.78 Å². The predicted molar refractivity (Wildman–Crippen MR) is 462 cm³/mol. The Hall–Kier alpha value is -5.77. The normalized spacial score (nSPS) is 26.5. The second-order valence-corrected chi connectivity index (χ2v) is 36.5. The Kier molecular flexibility index (Phi) is 48.2. The highest BCUT2D eigenvalue weighted by atomic mass is 16.7. The standard InChI is InChI=1S/C98H158O20/c1-16-19-21-23-25-27-29-31-33-35-37-39-41-48-88(102)113-65-76(66-114-89(103)49-42-40-38-36-34-32-30-28-26-24-22-20-17-2)115-90(104)52-53-91(105)117-85-57-69(6)55-71(8)93(85)97(11,12)64-92(106)116-83-51-50-74(61-84(83)110-13)59-70(7)79-62-82(101)77-46-43-44-47-78(77)94(107)96(108)98(109)72(9)60-87(112-15)95(118-98)86(111-14)58-68(5)54-67(4)56-75(45-18-3)81(100)63-80(99)73(79)10/h18,55-57,59,68,72-80,83-84,86-87,95,99,109H,3,16-17,19-54,58,60-66H2,1-2,4-15H3/b67-56+,70-59+/t68-,72+,73-,74?,75+,77+,78?,79+,80-,83+,84+,86-,87-,95+,98+/m0/s1. The summed E-state index contributed by atoms with van der Waals surface area (Å²) in [6.07, 6.45) is 34.8. The van der Waals surface area contributed by atoms with Gasteiger partial charge in [-0.3, -0.25) is 43.2 Å². The number of rotatable bonds is 48. The molecule has 20 nitrogen and oxygen atoms in total. The zero-order chi connectivity index (χ0) is 86.7. The SMILES string of the molecule is C=CC[C@@H]1/C=C(\C)C[C@H](C)C[C@H](OC)[C@H]2O[C@@](O)(C(=O)C(=O)C3CCCC[C@H]3C(=O)C[C@H](/C(C)=C/C3CC[C@@H](OC(=O)CC(C)(C)c4c(C)cc(C)cc4OC(=O)CCC(=O)OC(COC(=O)CCCCCCCCCCCCCCC)COC(=O)CCCCCCCCCCCCCCC)[C@H](OC)C3)[C@H](C)[C@@H](O)CC1=O)[C@H](C)C[C@@H]2OC. The van der Waals surface area contributed by atoms with Crippen molar-refractivity contribution in [3.05, 3.63) is 64.8 Å². The zero-order valence-electron chi connectivity index (χ0n) is 75.5. The van der Waals surface area contributed by atoms with E-state index >= 15 is 4.79 Å². The molecule has 2 aliphatic heterocycles. The number of benzene rings is 1. The fourth-order valence-corrected chi connectivity index (χ4v) is 18.8. The molecule has 2 heterocycles. The fraction of sp³-hybridized carbons (Fsp3) is 0.786. The first kappa shape index (κ1) is 103. The number of ketones is 4. The molecule has 4 aliphatic rings. The Labute approximate surface area is 710 Å². The molecule has 0 amide bonds. The second-order valence-electron chi connectivity index (χ2n) is 36.5. The molecule has 15 atom stereocenters. The summed E-state index contributed by atoms with van der Waals surface area (Å²) in [7, 11) is 4.64. The number of hydrogen-bond donors (Lipinski definition) is 2. The topological polar surface area (TPSA) is 277 Å². The quantitative estimate of drug-likeness (QED) is 0.0153. The first-order valence-corrected chi connectivity index (χ1v) is 46.2. The smallest absolute Gasteiger partial charge is 0.311 e. The summed E-state index contributed by atoms with van der Waals surface area (Å²) in [5, 5.41) is 24.6. The molecule has 1 aromatic carbocycles. The lowest BCUT2D eigenvalue weighted by molar-refractivity contribution is -0.302. The van der Waals surface area contributed by atoms with Gasteiger partial charge in [-0.1, -0.05) is 251 Å². The fourth-order valence-electron chi connectivity index (χ4n) is 18.8. The van der Waals surface area contributed by atoms with E-state index in [1.807, 2.05) is 67.5 Å². The van der Waals surface area contributed by atoms with Gasteiger partial charge >= 0.3 is 29.8 Å². The van der Waals surface area contributed by atoms with E-state index < -0.39 is 131 Å². The number of allylic oxidation sites excluding steroid dienone is 5. The number of fused-ring (bicyclic) bond motifs is 3. The third-order valence-corrected chi connectivity index (χ3v) is 25.7. The Morgan fingerprint density at radius 1 is 0.593 bits per heavy atom. The molecule has 5 rings (SSSR count). The zero-order valence-corrected chi connectivity index (χ0v) is 75.5. The van der Waals surface area contributed by atoms with Crippen molar-refractivity contribution in [1.82, 2.24) is 0 Å².